The molecule has 2 unspecified atom stereocenters. The van der Waals surface area contributed by atoms with Crippen LogP contribution in [-0.4, -0.2) is 65.3 Å². The zero-order chi connectivity index (χ0) is 18.4. The molecule has 6 nitrogen and oxygen atoms in total. The molecule has 3 aliphatic heterocycles. The van der Waals surface area contributed by atoms with E-state index >= 15 is 0 Å². The molecule has 1 N–H and O–H groups in total. The number of rotatable bonds is 2. The third kappa shape index (κ3) is 3.02. The Morgan fingerprint density at radius 3 is 2.31 bits per heavy atom. The number of aliphatic carboxylic acids is 1. The van der Waals surface area contributed by atoms with Gasteiger partial charge < -0.3 is 19.6 Å². The molecule has 4 atom stereocenters. The SMILES string of the molecule is O=C(O)[C@@H]1CN(C(=O)N2CC3CCC(C2)O3)C[C@H]1c1ccc(F)cc1F. The fraction of sp³-hybridized carbons (Fsp3) is 0.556. The van der Waals surface area contributed by atoms with E-state index in [-0.39, 0.29) is 36.9 Å². The van der Waals surface area contributed by atoms with Gasteiger partial charge in [-0.1, -0.05) is 6.07 Å². The number of fused-ring (bicyclic) bond motifs is 2. The van der Waals surface area contributed by atoms with Gasteiger partial charge in [0.1, 0.15) is 11.6 Å². The van der Waals surface area contributed by atoms with E-state index < -0.39 is 29.4 Å². The smallest absolute Gasteiger partial charge is 0.320 e. The molecule has 3 saturated heterocycles. The number of urea groups is 1. The van der Waals surface area contributed by atoms with Crippen LogP contribution in [0.15, 0.2) is 18.2 Å². The number of amides is 2. The van der Waals surface area contributed by atoms with Crippen LogP contribution in [0.5, 0.6) is 0 Å². The van der Waals surface area contributed by atoms with Crippen molar-refractivity contribution in [2.45, 2.75) is 31.0 Å². The second-order valence-corrected chi connectivity index (χ2v) is 7.27. The number of carbonyl (C=O) groups is 2. The normalized spacial score (nSPS) is 30.7. The summed E-state index contributed by atoms with van der Waals surface area (Å²) < 4.78 is 33.1. The van der Waals surface area contributed by atoms with Gasteiger partial charge in [-0.15, -0.1) is 0 Å². The molecule has 1 aromatic carbocycles. The lowest BCUT2D eigenvalue weighted by Gasteiger charge is -2.34. The third-order valence-electron chi connectivity index (χ3n) is 5.58. The number of carbonyl (C=O) groups excluding carboxylic acids is 1. The highest BCUT2D eigenvalue weighted by molar-refractivity contribution is 5.78. The second kappa shape index (κ2) is 6.50. The van der Waals surface area contributed by atoms with Gasteiger partial charge in [-0.2, -0.15) is 0 Å². The van der Waals surface area contributed by atoms with E-state index in [1.54, 1.807) is 4.90 Å². The molecule has 0 aliphatic carbocycles. The largest absolute Gasteiger partial charge is 0.481 e. The Bertz CT molecular complexity index is 732. The van der Waals surface area contributed by atoms with Crippen molar-refractivity contribution in [3.63, 3.8) is 0 Å². The van der Waals surface area contributed by atoms with E-state index in [0.717, 1.165) is 25.0 Å². The Hall–Kier alpha value is -2.22. The predicted octanol–water partition coefficient (Wildman–Crippen LogP) is 2.05. The maximum atomic E-state index is 14.2. The maximum Gasteiger partial charge on any atom is 0.320 e. The van der Waals surface area contributed by atoms with E-state index in [4.69, 9.17) is 4.74 Å². The summed E-state index contributed by atoms with van der Waals surface area (Å²) in [6, 6.07) is 2.90. The van der Waals surface area contributed by atoms with Crippen molar-refractivity contribution in [3.8, 4) is 0 Å². The molecule has 2 amide bonds. The van der Waals surface area contributed by atoms with Crippen molar-refractivity contribution >= 4 is 12.0 Å². The molecular weight excluding hydrogens is 346 g/mol. The van der Waals surface area contributed by atoms with Crippen LogP contribution in [0, 0.1) is 17.6 Å². The quantitative estimate of drug-likeness (QED) is 0.870. The summed E-state index contributed by atoms with van der Waals surface area (Å²) in [4.78, 5) is 27.7. The molecular formula is C18H20F2N2O4. The average molecular weight is 366 g/mol. The number of benzene rings is 1. The highest BCUT2D eigenvalue weighted by Gasteiger charge is 2.44. The van der Waals surface area contributed by atoms with Gasteiger partial charge in [-0.3, -0.25) is 4.79 Å². The lowest BCUT2D eigenvalue weighted by atomic mass is 9.88. The molecule has 140 valence electrons. The van der Waals surface area contributed by atoms with Crippen molar-refractivity contribution in [3.05, 3.63) is 35.4 Å². The van der Waals surface area contributed by atoms with Crippen LogP contribution in [0.2, 0.25) is 0 Å². The Balaban J connectivity index is 1.54. The number of morpholine rings is 1. The fourth-order valence-corrected chi connectivity index (χ4v) is 4.30. The zero-order valence-corrected chi connectivity index (χ0v) is 14.1. The van der Waals surface area contributed by atoms with E-state index in [1.807, 2.05) is 0 Å². The van der Waals surface area contributed by atoms with Crippen LogP contribution in [0.1, 0.15) is 24.3 Å². The van der Waals surface area contributed by atoms with Gasteiger partial charge in [0.2, 0.25) is 0 Å². The Morgan fingerprint density at radius 2 is 1.69 bits per heavy atom. The second-order valence-electron chi connectivity index (χ2n) is 7.27. The van der Waals surface area contributed by atoms with Crippen molar-refractivity contribution in [1.82, 2.24) is 9.80 Å². The molecule has 3 fully saturated rings. The number of hydrogen-bond donors (Lipinski definition) is 1. The molecule has 0 spiro atoms. The van der Waals surface area contributed by atoms with Crippen LogP contribution < -0.4 is 0 Å². The minimum absolute atomic E-state index is 0.0162. The number of halogens is 2. The van der Waals surface area contributed by atoms with Crippen LogP contribution in [0.4, 0.5) is 13.6 Å². The van der Waals surface area contributed by atoms with Crippen molar-refractivity contribution < 1.29 is 28.2 Å². The molecule has 0 radical (unpaired) electrons. The molecule has 26 heavy (non-hydrogen) atoms. The molecule has 3 heterocycles. The molecule has 0 saturated carbocycles. The van der Waals surface area contributed by atoms with Gasteiger partial charge in [0.05, 0.1) is 18.1 Å². The molecule has 1 aromatic rings. The number of ether oxygens (including phenoxy) is 1. The van der Waals surface area contributed by atoms with Gasteiger partial charge >= 0.3 is 12.0 Å². The first-order valence-corrected chi connectivity index (χ1v) is 8.79. The summed E-state index contributed by atoms with van der Waals surface area (Å²) in [5.41, 5.74) is 0.135. The minimum Gasteiger partial charge on any atom is -0.481 e. The molecule has 3 aliphatic rings. The van der Waals surface area contributed by atoms with E-state index in [9.17, 15) is 23.5 Å². The van der Waals surface area contributed by atoms with Crippen LogP contribution in [0.25, 0.3) is 0 Å². The summed E-state index contributed by atoms with van der Waals surface area (Å²) in [7, 11) is 0. The van der Waals surface area contributed by atoms with Gasteiger partial charge in [-0.05, 0) is 24.5 Å². The van der Waals surface area contributed by atoms with Crippen molar-refractivity contribution in [2.24, 2.45) is 5.92 Å². The first-order chi connectivity index (χ1) is 12.4. The number of hydrogen-bond acceptors (Lipinski definition) is 3. The first kappa shape index (κ1) is 17.2. The average Bonchev–Trinajstić information content (AvgIpc) is 3.18. The third-order valence-corrected chi connectivity index (χ3v) is 5.58. The lowest BCUT2D eigenvalue weighted by molar-refractivity contribution is -0.141. The lowest BCUT2D eigenvalue weighted by Crippen LogP contribution is -2.50. The van der Waals surface area contributed by atoms with Crippen LogP contribution in [0.3, 0.4) is 0 Å². The number of carboxylic acid groups (broad SMARTS) is 1. The highest BCUT2D eigenvalue weighted by Crippen LogP contribution is 2.36. The maximum absolute atomic E-state index is 14.2. The molecule has 0 aromatic heterocycles. The zero-order valence-electron chi connectivity index (χ0n) is 14.1. The number of carboxylic acids is 1. The van der Waals surface area contributed by atoms with E-state index in [1.165, 1.54) is 11.0 Å². The van der Waals surface area contributed by atoms with Crippen molar-refractivity contribution in [2.75, 3.05) is 26.2 Å². The monoisotopic (exact) mass is 366 g/mol. The minimum atomic E-state index is -1.09. The van der Waals surface area contributed by atoms with E-state index in [2.05, 4.69) is 0 Å². The summed E-state index contributed by atoms with van der Waals surface area (Å²) in [5.74, 6) is -4.20. The van der Waals surface area contributed by atoms with Gasteiger partial charge in [0.15, 0.2) is 0 Å². The van der Waals surface area contributed by atoms with Crippen LogP contribution in [-0.2, 0) is 9.53 Å². The van der Waals surface area contributed by atoms with Gasteiger partial charge in [0, 0.05) is 38.2 Å². The van der Waals surface area contributed by atoms with Gasteiger partial charge in [0.25, 0.3) is 0 Å². The first-order valence-electron chi connectivity index (χ1n) is 8.79. The fourth-order valence-electron chi connectivity index (χ4n) is 4.30. The molecule has 4 rings (SSSR count). The predicted molar refractivity (Wildman–Crippen MR) is 86.7 cm³/mol. The number of nitrogens with zero attached hydrogens (tertiary/aromatic N) is 2. The summed E-state index contributed by atoms with van der Waals surface area (Å²) in [6.07, 6.45) is 1.94. The van der Waals surface area contributed by atoms with E-state index in [0.29, 0.717) is 13.1 Å². The summed E-state index contributed by atoms with van der Waals surface area (Å²) >= 11 is 0. The Kier molecular flexibility index (Phi) is 4.30. The topological polar surface area (TPSA) is 70.1 Å². The summed E-state index contributed by atoms with van der Waals surface area (Å²) in [6.45, 7) is 1.12. The van der Waals surface area contributed by atoms with Gasteiger partial charge in [-0.25, -0.2) is 13.6 Å². The standard InChI is InChI=1S/C18H20F2N2O4/c19-10-1-4-13(16(20)5-10)14-8-22(9-15(14)17(23)24)18(25)21-6-11-2-3-12(7-21)26-11/h1,4-5,11-12,14-15H,2-3,6-9H2,(H,23,24)/t11?,12?,14-,15+/m0/s1. The van der Waals surface area contributed by atoms with Crippen molar-refractivity contribution in [1.29, 1.82) is 0 Å². The Labute approximate surface area is 149 Å². The number of likely N-dealkylation sites (tertiary alicyclic amines) is 2. The summed E-state index contributed by atoms with van der Waals surface area (Å²) in [5, 5.41) is 9.53. The van der Waals surface area contributed by atoms with Crippen LogP contribution >= 0.6 is 0 Å². The Morgan fingerprint density at radius 1 is 1.04 bits per heavy atom. The molecule has 8 heteroatoms. The molecule has 2 bridgehead atoms. The highest BCUT2D eigenvalue weighted by atomic mass is 19.1.